The van der Waals surface area contributed by atoms with Crippen molar-refractivity contribution in [1.82, 2.24) is 15.5 Å². The Hall–Kier alpha value is -1.36. The summed E-state index contributed by atoms with van der Waals surface area (Å²) >= 11 is 0. The molecular weight excluding hydrogens is 192 g/mol. The van der Waals surface area contributed by atoms with E-state index in [-0.39, 0.29) is 11.9 Å². The Balaban J connectivity index is 2.45. The second-order valence-electron chi connectivity index (χ2n) is 4.49. The molecule has 0 aromatic carbocycles. The third-order valence-corrected chi connectivity index (χ3v) is 2.01. The molecule has 0 aliphatic carbocycles. The minimum Gasteiger partial charge on any atom is -0.349 e. The van der Waals surface area contributed by atoms with Crippen molar-refractivity contribution in [1.29, 1.82) is 0 Å². The minimum absolute atomic E-state index is 0.0430. The second-order valence-corrected chi connectivity index (χ2v) is 4.49. The van der Waals surface area contributed by atoms with Crippen LogP contribution < -0.4 is 11.1 Å². The minimum atomic E-state index is -0.472. The van der Waals surface area contributed by atoms with Gasteiger partial charge in [0.1, 0.15) is 0 Å². The van der Waals surface area contributed by atoms with Crippen molar-refractivity contribution in [2.45, 2.75) is 38.8 Å². The monoisotopic (exact) mass is 210 g/mol. The zero-order valence-electron chi connectivity index (χ0n) is 9.37. The van der Waals surface area contributed by atoms with Gasteiger partial charge in [-0.3, -0.25) is 9.89 Å². The van der Waals surface area contributed by atoms with E-state index < -0.39 is 5.54 Å². The van der Waals surface area contributed by atoms with Crippen molar-refractivity contribution in [3.05, 3.63) is 18.0 Å². The molecule has 0 radical (unpaired) electrons. The molecule has 1 atom stereocenters. The zero-order valence-corrected chi connectivity index (χ0v) is 9.37. The van der Waals surface area contributed by atoms with Gasteiger partial charge in [0.05, 0.1) is 12.2 Å². The van der Waals surface area contributed by atoms with E-state index in [1.165, 1.54) is 0 Å². The van der Waals surface area contributed by atoms with E-state index in [0.717, 1.165) is 5.56 Å². The van der Waals surface area contributed by atoms with Crippen LogP contribution in [0.15, 0.2) is 12.4 Å². The van der Waals surface area contributed by atoms with Crippen LogP contribution >= 0.6 is 0 Å². The second kappa shape index (κ2) is 4.44. The van der Waals surface area contributed by atoms with E-state index >= 15 is 0 Å². The summed E-state index contributed by atoms with van der Waals surface area (Å²) in [6.45, 7) is 5.57. The van der Waals surface area contributed by atoms with E-state index in [2.05, 4.69) is 15.5 Å². The molecule has 1 amide bonds. The van der Waals surface area contributed by atoms with Crippen molar-refractivity contribution in [2.24, 2.45) is 5.73 Å². The number of aromatic amines is 1. The molecule has 0 saturated carbocycles. The molecule has 1 aromatic rings. The van der Waals surface area contributed by atoms with Crippen molar-refractivity contribution in [3.8, 4) is 0 Å². The molecule has 5 heteroatoms. The van der Waals surface area contributed by atoms with Gasteiger partial charge in [0.2, 0.25) is 5.91 Å². The molecule has 1 unspecified atom stereocenters. The van der Waals surface area contributed by atoms with Crippen LogP contribution in [0.5, 0.6) is 0 Å². The van der Waals surface area contributed by atoms with Crippen LogP contribution in [0.2, 0.25) is 0 Å². The fourth-order valence-electron chi connectivity index (χ4n) is 1.29. The Bertz CT molecular complexity index is 313. The maximum absolute atomic E-state index is 11.5. The average Bonchev–Trinajstić information content (AvgIpc) is 2.50. The van der Waals surface area contributed by atoms with Gasteiger partial charge in [-0.25, -0.2) is 0 Å². The normalized spacial score (nSPS) is 13.6. The number of carbonyl (C=O) groups is 1. The summed E-state index contributed by atoms with van der Waals surface area (Å²) in [6, 6.07) is -0.0430. The number of H-pyrrole nitrogens is 1. The highest BCUT2D eigenvalue weighted by molar-refractivity contribution is 5.77. The Morgan fingerprint density at radius 3 is 2.87 bits per heavy atom. The topological polar surface area (TPSA) is 83.8 Å². The number of amides is 1. The Labute approximate surface area is 89.4 Å². The Morgan fingerprint density at radius 1 is 1.73 bits per heavy atom. The van der Waals surface area contributed by atoms with Gasteiger partial charge in [-0.1, -0.05) is 0 Å². The zero-order chi connectivity index (χ0) is 11.5. The molecule has 0 spiro atoms. The number of nitrogens with two attached hydrogens (primary N) is 1. The average molecular weight is 210 g/mol. The van der Waals surface area contributed by atoms with Crippen molar-refractivity contribution < 1.29 is 4.79 Å². The number of rotatable bonds is 4. The number of hydrogen-bond donors (Lipinski definition) is 3. The molecule has 1 aromatic heterocycles. The summed E-state index contributed by atoms with van der Waals surface area (Å²) in [5.41, 5.74) is 6.24. The van der Waals surface area contributed by atoms with Crippen LogP contribution in [0.3, 0.4) is 0 Å². The van der Waals surface area contributed by atoms with Crippen molar-refractivity contribution in [2.75, 3.05) is 0 Å². The third-order valence-electron chi connectivity index (χ3n) is 2.01. The summed E-state index contributed by atoms with van der Waals surface area (Å²) in [7, 11) is 0. The first kappa shape index (κ1) is 11.7. The fraction of sp³-hybridized carbons (Fsp3) is 0.600. The predicted molar refractivity (Wildman–Crippen MR) is 58.0 cm³/mol. The lowest BCUT2D eigenvalue weighted by Crippen LogP contribution is -2.39. The summed E-state index contributed by atoms with van der Waals surface area (Å²) in [4.78, 5) is 11.5. The van der Waals surface area contributed by atoms with Gasteiger partial charge in [0.25, 0.3) is 0 Å². The lowest BCUT2D eigenvalue weighted by Gasteiger charge is -2.19. The van der Waals surface area contributed by atoms with Gasteiger partial charge < -0.3 is 11.1 Å². The van der Waals surface area contributed by atoms with E-state index in [0.29, 0.717) is 6.42 Å². The van der Waals surface area contributed by atoms with Crippen molar-refractivity contribution in [3.63, 3.8) is 0 Å². The van der Waals surface area contributed by atoms with E-state index in [9.17, 15) is 4.79 Å². The highest BCUT2D eigenvalue weighted by Gasteiger charge is 2.18. The molecule has 5 nitrogen and oxygen atoms in total. The number of hydrogen-bond acceptors (Lipinski definition) is 3. The van der Waals surface area contributed by atoms with Crippen LogP contribution in [-0.2, 0) is 4.79 Å². The van der Waals surface area contributed by atoms with Gasteiger partial charge in [-0.05, 0) is 20.8 Å². The van der Waals surface area contributed by atoms with E-state index in [1.807, 2.05) is 20.8 Å². The first-order valence-corrected chi connectivity index (χ1v) is 4.95. The molecule has 0 bridgehead atoms. The van der Waals surface area contributed by atoms with Gasteiger partial charge in [-0.2, -0.15) is 5.10 Å². The molecule has 1 rings (SSSR count). The van der Waals surface area contributed by atoms with Crippen LogP contribution in [0.4, 0.5) is 0 Å². The third kappa shape index (κ3) is 4.12. The summed E-state index contributed by atoms with van der Waals surface area (Å²) in [5.74, 6) is -0.0452. The summed E-state index contributed by atoms with van der Waals surface area (Å²) < 4.78 is 0. The smallest absolute Gasteiger partial charge is 0.222 e. The molecule has 0 aliphatic rings. The van der Waals surface area contributed by atoms with Crippen molar-refractivity contribution >= 4 is 5.91 Å². The first-order chi connectivity index (χ1) is 6.88. The predicted octanol–water partition coefficient (Wildman–Crippen LogP) is 0.714. The number of aromatic nitrogens is 2. The van der Waals surface area contributed by atoms with Crippen LogP contribution in [0.1, 0.15) is 38.8 Å². The molecule has 0 saturated heterocycles. The Kier molecular flexibility index (Phi) is 3.47. The summed E-state index contributed by atoms with van der Waals surface area (Å²) in [5, 5.41) is 9.39. The van der Waals surface area contributed by atoms with Crippen LogP contribution in [0, 0.1) is 0 Å². The standard InChI is InChI=1S/C10H18N4O/c1-7(8-5-12-13-6-8)14-9(15)4-10(2,3)11/h5-7H,4,11H2,1-3H3,(H,12,13)(H,14,15). The molecule has 4 N–H and O–H groups in total. The lowest BCUT2D eigenvalue weighted by atomic mass is 10.0. The van der Waals surface area contributed by atoms with Gasteiger partial charge in [-0.15, -0.1) is 0 Å². The van der Waals surface area contributed by atoms with E-state index in [1.54, 1.807) is 12.4 Å². The lowest BCUT2D eigenvalue weighted by molar-refractivity contribution is -0.122. The fourth-order valence-corrected chi connectivity index (χ4v) is 1.29. The van der Waals surface area contributed by atoms with Crippen LogP contribution in [0.25, 0.3) is 0 Å². The molecule has 0 aliphatic heterocycles. The van der Waals surface area contributed by atoms with E-state index in [4.69, 9.17) is 5.73 Å². The molecule has 1 heterocycles. The van der Waals surface area contributed by atoms with Gasteiger partial charge >= 0.3 is 0 Å². The van der Waals surface area contributed by atoms with Crippen LogP contribution in [-0.4, -0.2) is 21.6 Å². The van der Waals surface area contributed by atoms with Gasteiger partial charge in [0, 0.05) is 23.7 Å². The SMILES string of the molecule is CC(NC(=O)CC(C)(C)N)c1cn[nH]c1. The number of carbonyl (C=O) groups excluding carboxylic acids is 1. The number of nitrogens with zero attached hydrogens (tertiary/aromatic N) is 1. The molecule has 0 fully saturated rings. The molecule has 15 heavy (non-hydrogen) atoms. The molecular formula is C10H18N4O. The quantitative estimate of drug-likeness (QED) is 0.684. The highest BCUT2D eigenvalue weighted by atomic mass is 16.1. The maximum atomic E-state index is 11.5. The first-order valence-electron chi connectivity index (χ1n) is 4.95. The van der Waals surface area contributed by atoms with Gasteiger partial charge in [0.15, 0.2) is 0 Å². The molecule has 84 valence electrons. The largest absolute Gasteiger partial charge is 0.349 e. The summed E-state index contributed by atoms with van der Waals surface area (Å²) in [6.07, 6.45) is 3.77. The highest BCUT2D eigenvalue weighted by Crippen LogP contribution is 2.10. The number of nitrogens with one attached hydrogen (secondary N) is 2. The Morgan fingerprint density at radius 2 is 2.40 bits per heavy atom. The maximum Gasteiger partial charge on any atom is 0.222 e.